The Labute approximate surface area is 129 Å². The van der Waals surface area contributed by atoms with Crippen LogP contribution in [0.25, 0.3) is 5.69 Å². The van der Waals surface area contributed by atoms with Crippen LogP contribution in [0.4, 0.5) is 0 Å². The summed E-state index contributed by atoms with van der Waals surface area (Å²) < 4.78 is 3.76. The van der Waals surface area contributed by atoms with Crippen molar-refractivity contribution in [3.8, 4) is 5.69 Å². The van der Waals surface area contributed by atoms with Crippen LogP contribution < -0.4 is 5.32 Å². The summed E-state index contributed by atoms with van der Waals surface area (Å²) in [5.41, 5.74) is 2.24. The number of hydrogen-bond acceptors (Lipinski definition) is 4. The summed E-state index contributed by atoms with van der Waals surface area (Å²) in [5.74, 6) is 0. The minimum atomic E-state index is 0.286. The van der Waals surface area contributed by atoms with Gasteiger partial charge < -0.3 is 5.32 Å². The van der Waals surface area contributed by atoms with Crippen molar-refractivity contribution in [2.75, 3.05) is 0 Å². The molecule has 0 aliphatic rings. The van der Waals surface area contributed by atoms with E-state index in [2.05, 4.69) is 40.4 Å². The van der Waals surface area contributed by atoms with Crippen LogP contribution in [0.3, 0.4) is 0 Å². The molecule has 6 heteroatoms. The maximum atomic E-state index is 4.30. The van der Waals surface area contributed by atoms with Crippen molar-refractivity contribution in [3.05, 3.63) is 60.9 Å². The third kappa shape index (κ3) is 3.07. The molecule has 0 aliphatic carbocycles. The van der Waals surface area contributed by atoms with E-state index in [0.717, 1.165) is 12.2 Å². The van der Waals surface area contributed by atoms with Crippen LogP contribution in [-0.2, 0) is 6.54 Å². The van der Waals surface area contributed by atoms with Gasteiger partial charge in [-0.15, -0.1) is 0 Å². The molecule has 0 bridgehead atoms. The highest BCUT2D eigenvalue weighted by molar-refractivity contribution is 5.39. The molecule has 114 valence electrons. The van der Waals surface area contributed by atoms with Gasteiger partial charge in [-0.05, 0) is 31.5 Å². The van der Waals surface area contributed by atoms with Crippen molar-refractivity contribution >= 4 is 0 Å². The first-order valence-electron chi connectivity index (χ1n) is 7.41. The van der Waals surface area contributed by atoms with Crippen molar-refractivity contribution in [1.82, 2.24) is 29.9 Å². The van der Waals surface area contributed by atoms with E-state index in [0.29, 0.717) is 6.04 Å². The van der Waals surface area contributed by atoms with E-state index in [9.17, 15) is 0 Å². The largest absolute Gasteiger partial charge is 0.308 e. The normalized spacial score (nSPS) is 13.9. The second kappa shape index (κ2) is 6.53. The van der Waals surface area contributed by atoms with Crippen molar-refractivity contribution in [1.29, 1.82) is 0 Å². The van der Waals surface area contributed by atoms with Crippen LogP contribution in [0.15, 0.2) is 55.4 Å². The van der Waals surface area contributed by atoms with E-state index in [1.54, 1.807) is 17.3 Å². The average molecular weight is 296 g/mol. The summed E-state index contributed by atoms with van der Waals surface area (Å²) in [4.78, 5) is 4.02. The molecule has 22 heavy (non-hydrogen) atoms. The minimum absolute atomic E-state index is 0.286. The fourth-order valence-electron chi connectivity index (χ4n) is 2.41. The lowest BCUT2D eigenvalue weighted by atomic mass is 10.1. The quantitative estimate of drug-likeness (QED) is 0.757. The lowest BCUT2D eigenvalue weighted by Gasteiger charge is -2.22. The van der Waals surface area contributed by atoms with E-state index in [4.69, 9.17) is 0 Å². The molecule has 0 fully saturated rings. The van der Waals surface area contributed by atoms with Crippen molar-refractivity contribution < 1.29 is 0 Å². The van der Waals surface area contributed by atoms with Gasteiger partial charge >= 0.3 is 0 Å². The maximum Gasteiger partial charge on any atom is 0.138 e. The molecule has 0 unspecified atom stereocenters. The highest BCUT2D eigenvalue weighted by atomic mass is 15.3. The molecule has 0 saturated heterocycles. The zero-order chi connectivity index (χ0) is 15.4. The maximum absolute atomic E-state index is 4.30. The Morgan fingerprint density at radius 3 is 2.73 bits per heavy atom. The van der Waals surface area contributed by atoms with Gasteiger partial charge in [-0.25, -0.2) is 9.67 Å². The molecule has 3 aromatic rings. The predicted molar refractivity (Wildman–Crippen MR) is 84.6 cm³/mol. The van der Waals surface area contributed by atoms with E-state index in [1.807, 2.05) is 41.3 Å². The molecule has 2 atom stereocenters. The molecule has 0 radical (unpaired) electrons. The van der Waals surface area contributed by atoms with Crippen LogP contribution in [0.1, 0.15) is 25.5 Å². The standard InChI is InChI=1S/C16H20N6/c1-13(14(2)21-9-5-8-19-21)18-10-15-6-3-4-7-16(15)22-12-17-11-20-22/h3-9,11-14,18H,10H2,1-2H3/t13-,14-/m1/s1. The van der Waals surface area contributed by atoms with Gasteiger partial charge in [-0.3, -0.25) is 4.68 Å². The molecule has 6 nitrogen and oxygen atoms in total. The highest BCUT2D eigenvalue weighted by Gasteiger charge is 2.14. The molecular weight excluding hydrogens is 276 g/mol. The topological polar surface area (TPSA) is 60.6 Å². The van der Waals surface area contributed by atoms with Crippen LogP contribution in [0.5, 0.6) is 0 Å². The Morgan fingerprint density at radius 2 is 2.00 bits per heavy atom. The van der Waals surface area contributed by atoms with Crippen LogP contribution in [0, 0.1) is 0 Å². The molecule has 0 saturated carbocycles. The first-order chi connectivity index (χ1) is 10.8. The lowest BCUT2D eigenvalue weighted by Crippen LogP contribution is -2.33. The SMILES string of the molecule is C[C@H]([C@@H](C)NCc1ccccc1-n1cncn1)n1cccn1. The Balaban J connectivity index is 1.69. The average Bonchev–Trinajstić information content (AvgIpc) is 3.25. The highest BCUT2D eigenvalue weighted by Crippen LogP contribution is 2.15. The molecule has 0 spiro atoms. The molecule has 2 aromatic heterocycles. The third-order valence-electron chi connectivity index (χ3n) is 3.94. The number of hydrogen-bond donors (Lipinski definition) is 1. The number of nitrogens with one attached hydrogen (secondary N) is 1. The minimum Gasteiger partial charge on any atom is -0.308 e. The third-order valence-corrected chi connectivity index (χ3v) is 3.94. The van der Waals surface area contributed by atoms with Gasteiger partial charge in [0, 0.05) is 25.0 Å². The Bertz CT molecular complexity index is 689. The number of rotatable bonds is 6. The van der Waals surface area contributed by atoms with Gasteiger partial charge in [0.2, 0.25) is 0 Å². The van der Waals surface area contributed by atoms with Crippen LogP contribution in [0.2, 0.25) is 0 Å². The number of benzene rings is 1. The van der Waals surface area contributed by atoms with E-state index >= 15 is 0 Å². The zero-order valence-corrected chi connectivity index (χ0v) is 12.8. The van der Waals surface area contributed by atoms with Crippen molar-refractivity contribution in [2.45, 2.75) is 32.5 Å². The second-order valence-corrected chi connectivity index (χ2v) is 5.37. The van der Waals surface area contributed by atoms with Gasteiger partial charge in [0.1, 0.15) is 12.7 Å². The van der Waals surface area contributed by atoms with E-state index in [1.165, 1.54) is 5.56 Å². The zero-order valence-electron chi connectivity index (χ0n) is 12.8. The lowest BCUT2D eigenvalue weighted by molar-refractivity contribution is 0.365. The smallest absolute Gasteiger partial charge is 0.138 e. The van der Waals surface area contributed by atoms with Gasteiger partial charge in [-0.1, -0.05) is 18.2 Å². The van der Waals surface area contributed by atoms with Crippen molar-refractivity contribution in [2.24, 2.45) is 0 Å². The van der Waals surface area contributed by atoms with Crippen molar-refractivity contribution in [3.63, 3.8) is 0 Å². The fraction of sp³-hybridized carbons (Fsp3) is 0.312. The first-order valence-corrected chi connectivity index (χ1v) is 7.41. The summed E-state index contributed by atoms with van der Waals surface area (Å²) in [7, 11) is 0. The summed E-state index contributed by atoms with van der Waals surface area (Å²) >= 11 is 0. The monoisotopic (exact) mass is 296 g/mol. The molecular formula is C16H20N6. The van der Waals surface area contributed by atoms with Gasteiger partial charge in [0.05, 0.1) is 11.7 Å². The first kappa shape index (κ1) is 14.5. The summed E-state index contributed by atoms with van der Waals surface area (Å²) in [6, 6.07) is 10.7. The predicted octanol–water partition coefficient (Wildman–Crippen LogP) is 2.20. The number of nitrogens with zero attached hydrogens (tertiary/aromatic N) is 5. The molecule has 0 amide bonds. The summed E-state index contributed by atoms with van der Waals surface area (Å²) in [6.45, 7) is 5.10. The van der Waals surface area contributed by atoms with Gasteiger partial charge in [0.15, 0.2) is 0 Å². The molecule has 2 heterocycles. The molecule has 1 N–H and O–H groups in total. The Hall–Kier alpha value is -2.47. The van der Waals surface area contributed by atoms with Gasteiger partial charge in [-0.2, -0.15) is 10.2 Å². The fourth-order valence-corrected chi connectivity index (χ4v) is 2.41. The Kier molecular flexibility index (Phi) is 4.29. The second-order valence-electron chi connectivity index (χ2n) is 5.37. The van der Waals surface area contributed by atoms with E-state index in [-0.39, 0.29) is 6.04 Å². The van der Waals surface area contributed by atoms with Gasteiger partial charge in [0.25, 0.3) is 0 Å². The number of para-hydroxylation sites is 1. The van der Waals surface area contributed by atoms with E-state index < -0.39 is 0 Å². The molecule has 3 rings (SSSR count). The summed E-state index contributed by atoms with van der Waals surface area (Å²) in [5, 5.41) is 12.1. The molecule has 0 aliphatic heterocycles. The van der Waals surface area contributed by atoms with Crippen LogP contribution >= 0.6 is 0 Å². The van der Waals surface area contributed by atoms with Crippen LogP contribution in [-0.4, -0.2) is 30.6 Å². The Morgan fingerprint density at radius 1 is 1.14 bits per heavy atom. The molecule has 1 aromatic carbocycles. The summed E-state index contributed by atoms with van der Waals surface area (Å²) in [6.07, 6.45) is 7.07. The number of aromatic nitrogens is 5.